The number of hydrogen-bond donors (Lipinski definition) is 2. The zero-order valence-electron chi connectivity index (χ0n) is 12.7. The first-order chi connectivity index (χ1) is 9.37. The van der Waals surface area contributed by atoms with Crippen molar-refractivity contribution in [3.8, 4) is 11.5 Å². The molecule has 0 aromatic heterocycles. The molecule has 0 amide bonds. The van der Waals surface area contributed by atoms with Crippen LogP contribution in [0.25, 0.3) is 0 Å². The van der Waals surface area contributed by atoms with E-state index in [2.05, 4.69) is 5.32 Å². The van der Waals surface area contributed by atoms with Gasteiger partial charge in [0.2, 0.25) is 0 Å². The summed E-state index contributed by atoms with van der Waals surface area (Å²) < 4.78 is 10.5. The minimum absolute atomic E-state index is 0.461. The number of rotatable bonds is 7. The number of benzene rings is 1. The van der Waals surface area contributed by atoms with Crippen LogP contribution in [0.4, 0.5) is 0 Å². The summed E-state index contributed by atoms with van der Waals surface area (Å²) in [5.74, 6) is 0.465. The minimum atomic E-state index is -0.931. The van der Waals surface area contributed by atoms with Gasteiger partial charge in [0, 0.05) is 6.54 Å². The molecular formula is C15H23NO4. The van der Waals surface area contributed by atoms with Gasteiger partial charge in [-0.15, -0.1) is 0 Å². The minimum Gasteiger partial charge on any atom is -0.493 e. The van der Waals surface area contributed by atoms with Crippen LogP contribution in [-0.4, -0.2) is 30.8 Å². The van der Waals surface area contributed by atoms with Gasteiger partial charge >= 0.3 is 5.97 Å². The van der Waals surface area contributed by atoms with Crippen LogP contribution in [0.2, 0.25) is 0 Å². The molecule has 0 aliphatic heterocycles. The highest BCUT2D eigenvalue weighted by molar-refractivity contribution is 5.78. The van der Waals surface area contributed by atoms with E-state index in [4.69, 9.17) is 9.47 Å². The molecule has 0 aliphatic rings. The Kier molecular flexibility index (Phi) is 5.39. The summed E-state index contributed by atoms with van der Waals surface area (Å²) in [5.41, 5.74) is 1.09. The molecule has 5 heteroatoms. The van der Waals surface area contributed by atoms with Gasteiger partial charge in [-0.2, -0.15) is 0 Å². The van der Waals surface area contributed by atoms with Crippen molar-refractivity contribution in [2.75, 3.05) is 14.2 Å². The predicted octanol–water partition coefficient (Wildman–Crippen LogP) is 2.36. The van der Waals surface area contributed by atoms with E-state index in [9.17, 15) is 9.90 Å². The van der Waals surface area contributed by atoms with Crippen LogP contribution in [-0.2, 0) is 11.3 Å². The second-order valence-electron chi connectivity index (χ2n) is 4.98. The fraction of sp³-hybridized carbons (Fsp3) is 0.533. The number of methoxy groups -OCH3 is 2. The summed E-state index contributed by atoms with van der Waals surface area (Å²) in [7, 11) is 3.17. The van der Waals surface area contributed by atoms with Gasteiger partial charge in [-0.25, -0.2) is 0 Å². The van der Waals surface area contributed by atoms with Crippen LogP contribution in [0.1, 0.15) is 31.4 Å². The third-order valence-corrected chi connectivity index (χ3v) is 3.69. The van der Waals surface area contributed by atoms with Crippen molar-refractivity contribution >= 4 is 5.97 Å². The second-order valence-corrected chi connectivity index (χ2v) is 4.98. The molecule has 0 bridgehead atoms. The van der Waals surface area contributed by atoms with Crippen LogP contribution in [0.3, 0.4) is 0 Å². The van der Waals surface area contributed by atoms with Gasteiger partial charge in [-0.3, -0.25) is 10.1 Å². The van der Waals surface area contributed by atoms with E-state index in [-0.39, 0.29) is 0 Å². The lowest BCUT2D eigenvalue weighted by Crippen LogP contribution is -2.48. The summed E-state index contributed by atoms with van der Waals surface area (Å²) in [6.45, 7) is 5.96. The smallest absolute Gasteiger partial charge is 0.323 e. The van der Waals surface area contributed by atoms with Crippen LogP contribution in [0.15, 0.2) is 12.1 Å². The number of ether oxygens (including phenoxy) is 2. The summed E-state index contributed by atoms with van der Waals surface area (Å²) in [4.78, 5) is 11.3. The van der Waals surface area contributed by atoms with E-state index >= 15 is 0 Å². The topological polar surface area (TPSA) is 67.8 Å². The summed E-state index contributed by atoms with van der Waals surface area (Å²) in [5, 5.41) is 12.4. The highest BCUT2D eigenvalue weighted by Crippen LogP contribution is 2.30. The number of nitrogens with one attached hydrogen (secondary N) is 1. The summed E-state index contributed by atoms with van der Waals surface area (Å²) in [6, 6.07) is 3.76. The molecule has 1 unspecified atom stereocenters. The molecule has 5 nitrogen and oxygen atoms in total. The SMILES string of the molecule is CCC(C)(NCc1cc(OC)c(OC)cc1C)C(=O)O. The number of carboxylic acids is 1. The third kappa shape index (κ3) is 3.42. The van der Waals surface area contributed by atoms with Gasteiger partial charge in [-0.1, -0.05) is 6.92 Å². The predicted molar refractivity (Wildman–Crippen MR) is 77.5 cm³/mol. The standard InChI is InChI=1S/C15H23NO4/c1-6-15(3,14(17)18)16-9-11-8-13(20-5)12(19-4)7-10(11)2/h7-8,16H,6,9H2,1-5H3,(H,17,18). The van der Waals surface area contributed by atoms with Crippen LogP contribution in [0.5, 0.6) is 11.5 Å². The van der Waals surface area contributed by atoms with Crippen molar-refractivity contribution in [2.45, 2.75) is 39.3 Å². The molecule has 1 atom stereocenters. The quantitative estimate of drug-likeness (QED) is 0.803. The monoisotopic (exact) mass is 281 g/mol. The van der Waals surface area contributed by atoms with Gasteiger partial charge in [0.1, 0.15) is 5.54 Å². The lowest BCUT2D eigenvalue weighted by atomic mass is 9.98. The van der Waals surface area contributed by atoms with E-state index < -0.39 is 11.5 Å². The van der Waals surface area contributed by atoms with Crippen molar-refractivity contribution in [3.05, 3.63) is 23.3 Å². The fourth-order valence-corrected chi connectivity index (χ4v) is 1.86. The van der Waals surface area contributed by atoms with Gasteiger partial charge in [0.15, 0.2) is 11.5 Å². The lowest BCUT2D eigenvalue weighted by Gasteiger charge is -2.25. The Balaban J connectivity index is 2.96. The lowest BCUT2D eigenvalue weighted by molar-refractivity contribution is -0.144. The van der Waals surface area contributed by atoms with Crippen molar-refractivity contribution < 1.29 is 19.4 Å². The van der Waals surface area contributed by atoms with Gasteiger partial charge in [0.05, 0.1) is 14.2 Å². The zero-order chi connectivity index (χ0) is 15.3. The Hall–Kier alpha value is -1.75. The normalized spacial score (nSPS) is 13.7. The molecule has 1 aromatic rings. The van der Waals surface area contributed by atoms with E-state index in [1.54, 1.807) is 21.1 Å². The molecule has 1 rings (SSSR count). The number of aryl methyl sites for hydroxylation is 1. The van der Waals surface area contributed by atoms with E-state index in [0.29, 0.717) is 24.5 Å². The van der Waals surface area contributed by atoms with Crippen LogP contribution in [0, 0.1) is 6.92 Å². The Bertz CT molecular complexity index is 487. The second kappa shape index (κ2) is 6.61. The first kappa shape index (κ1) is 16.3. The molecule has 0 saturated heterocycles. The maximum atomic E-state index is 11.3. The number of carbonyl (C=O) groups is 1. The zero-order valence-corrected chi connectivity index (χ0v) is 12.7. The Morgan fingerprint density at radius 2 is 1.85 bits per heavy atom. The number of aliphatic carboxylic acids is 1. The Morgan fingerprint density at radius 1 is 1.30 bits per heavy atom. The van der Waals surface area contributed by atoms with E-state index in [1.807, 2.05) is 26.0 Å². The molecule has 1 aromatic carbocycles. The average Bonchev–Trinajstić information content (AvgIpc) is 2.44. The highest BCUT2D eigenvalue weighted by Gasteiger charge is 2.30. The van der Waals surface area contributed by atoms with Crippen molar-refractivity contribution in [3.63, 3.8) is 0 Å². The van der Waals surface area contributed by atoms with Crippen LogP contribution >= 0.6 is 0 Å². The first-order valence-corrected chi connectivity index (χ1v) is 6.57. The van der Waals surface area contributed by atoms with Gasteiger partial charge in [-0.05, 0) is 43.5 Å². The maximum absolute atomic E-state index is 11.3. The van der Waals surface area contributed by atoms with Crippen molar-refractivity contribution in [2.24, 2.45) is 0 Å². The molecule has 0 heterocycles. The van der Waals surface area contributed by atoms with E-state index in [1.165, 1.54) is 0 Å². The van der Waals surface area contributed by atoms with E-state index in [0.717, 1.165) is 11.1 Å². The third-order valence-electron chi connectivity index (χ3n) is 3.69. The van der Waals surface area contributed by atoms with Crippen molar-refractivity contribution in [1.82, 2.24) is 5.32 Å². The molecule has 20 heavy (non-hydrogen) atoms. The van der Waals surface area contributed by atoms with Gasteiger partial charge in [0.25, 0.3) is 0 Å². The molecule has 0 saturated carbocycles. The average molecular weight is 281 g/mol. The number of carboxylic acid groups (broad SMARTS) is 1. The highest BCUT2D eigenvalue weighted by atomic mass is 16.5. The molecule has 0 spiro atoms. The molecule has 112 valence electrons. The van der Waals surface area contributed by atoms with Crippen LogP contribution < -0.4 is 14.8 Å². The summed E-state index contributed by atoms with van der Waals surface area (Å²) >= 11 is 0. The summed E-state index contributed by atoms with van der Waals surface area (Å²) in [6.07, 6.45) is 0.509. The maximum Gasteiger partial charge on any atom is 0.323 e. The molecule has 0 radical (unpaired) electrons. The molecule has 0 aliphatic carbocycles. The first-order valence-electron chi connectivity index (χ1n) is 6.57. The number of hydrogen-bond acceptors (Lipinski definition) is 4. The van der Waals surface area contributed by atoms with Gasteiger partial charge < -0.3 is 14.6 Å². The Morgan fingerprint density at radius 3 is 2.30 bits per heavy atom. The largest absolute Gasteiger partial charge is 0.493 e. The molecule has 2 N–H and O–H groups in total. The van der Waals surface area contributed by atoms with Crippen molar-refractivity contribution in [1.29, 1.82) is 0 Å². The molecular weight excluding hydrogens is 258 g/mol. The molecule has 0 fully saturated rings. The fourth-order valence-electron chi connectivity index (χ4n) is 1.86. The Labute approximate surface area is 119 Å².